The van der Waals surface area contributed by atoms with E-state index in [0.717, 1.165) is 15.9 Å². The van der Waals surface area contributed by atoms with Crippen LogP contribution in [0.4, 0.5) is 5.69 Å². The smallest absolute Gasteiger partial charge is 0.323 e. The number of carbonyl (C=O) groups is 1. The molecule has 3 aromatic rings. The third kappa shape index (κ3) is 3.47. The number of nitro groups is 1. The summed E-state index contributed by atoms with van der Waals surface area (Å²) in [6, 6.07) is 7.64. The molecule has 2 heterocycles. The molecule has 26 heavy (non-hydrogen) atoms. The number of hydrogen-bond acceptors (Lipinski definition) is 6. The summed E-state index contributed by atoms with van der Waals surface area (Å²) in [4.78, 5) is 40.2. The van der Waals surface area contributed by atoms with E-state index in [1.165, 1.54) is 23.5 Å². The van der Waals surface area contributed by atoms with Gasteiger partial charge in [0, 0.05) is 23.4 Å². The Balaban J connectivity index is 2.08. The molecule has 8 nitrogen and oxygen atoms in total. The molecule has 134 valence electrons. The number of hydrogen-bond donors (Lipinski definition) is 1. The molecule has 0 saturated heterocycles. The summed E-state index contributed by atoms with van der Waals surface area (Å²) >= 11 is 1.41. The monoisotopic (exact) mass is 373 g/mol. The lowest BCUT2D eigenvalue weighted by Gasteiger charge is -2.10. The number of benzene rings is 1. The quantitative estimate of drug-likeness (QED) is 0.524. The fourth-order valence-electron chi connectivity index (χ4n) is 2.63. The average Bonchev–Trinajstić information content (AvgIpc) is 3.02. The van der Waals surface area contributed by atoms with Crippen LogP contribution in [0.2, 0.25) is 0 Å². The van der Waals surface area contributed by atoms with Crippen molar-refractivity contribution in [1.82, 2.24) is 9.55 Å². The number of aliphatic carboxylic acids is 1. The second kappa shape index (κ2) is 7.04. The first-order valence-corrected chi connectivity index (χ1v) is 8.68. The number of non-ortho nitro benzene ring substituents is 1. The molecule has 0 aliphatic carbocycles. The number of nitrogens with zero attached hydrogens (tertiary/aromatic N) is 3. The molecular formula is C17H15N3O5S. The minimum absolute atomic E-state index is 0.0362. The fraction of sp³-hybridized carbons (Fsp3) is 0.235. The van der Waals surface area contributed by atoms with Gasteiger partial charge in [0.05, 0.1) is 10.3 Å². The van der Waals surface area contributed by atoms with Crippen LogP contribution in [0, 0.1) is 10.1 Å². The minimum atomic E-state index is -1.14. The Kier molecular flexibility index (Phi) is 4.81. The number of carboxylic acids is 1. The largest absolute Gasteiger partial charge is 0.480 e. The van der Waals surface area contributed by atoms with Gasteiger partial charge in [-0.15, -0.1) is 11.3 Å². The second-order valence-corrected chi connectivity index (χ2v) is 6.81. The molecule has 0 atom stereocenters. The summed E-state index contributed by atoms with van der Waals surface area (Å²) in [6.07, 6.45) is 0.965. The lowest BCUT2D eigenvalue weighted by Crippen LogP contribution is -2.28. The van der Waals surface area contributed by atoms with Gasteiger partial charge in [0.1, 0.15) is 17.2 Å². The Bertz CT molecular complexity index is 1050. The first kappa shape index (κ1) is 17.7. The summed E-state index contributed by atoms with van der Waals surface area (Å²) in [5.41, 5.74) is 0.282. The minimum Gasteiger partial charge on any atom is -0.480 e. The van der Waals surface area contributed by atoms with Crippen LogP contribution in [-0.4, -0.2) is 25.6 Å². The van der Waals surface area contributed by atoms with E-state index in [4.69, 9.17) is 5.11 Å². The highest BCUT2D eigenvalue weighted by Gasteiger charge is 2.16. The maximum Gasteiger partial charge on any atom is 0.323 e. The number of thiophene rings is 1. The first-order valence-electron chi connectivity index (χ1n) is 7.86. The summed E-state index contributed by atoms with van der Waals surface area (Å²) in [6.45, 7) is 1.49. The number of aromatic nitrogens is 2. The first-order chi connectivity index (χ1) is 12.4. The predicted octanol–water partition coefficient (Wildman–Crippen LogP) is 2.60. The van der Waals surface area contributed by atoms with Crippen LogP contribution >= 0.6 is 11.3 Å². The van der Waals surface area contributed by atoms with Crippen molar-refractivity contribution < 1.29 is 14.8 Å². The Hall–Kier alpha value is -3.07. The molecule has 0 radical (unpaired) electrons. The molecule has 1 aromatic carbocycles. The fourth-order valence-corrected chi connectivity index (χ4v) is 3.61. The molecule has 1 N–H and O–H groups in total. The van der Waals surface area contributed by atoms with E-state index in [0.29, 0.717) is 21.6 Å². The molecule has 0 aliphatic heterocycles. The van der Waals surface area contributed by atoms with Crippen LogP contribution in [0.5, 0.6) is 0 Å². The van der Waals surface area contributed by atoms with E-state index in [1.54, 1.807) is 18.2 Å². The van der Waals surface area contributed by atoms with Gasteiger partial charge < -0.3 is 5.11 Å². The summed E-state index contributed by atoms with van der Waals surface area (Å²) in [5.74, 6) is -0.813. The van der Waals surface area contributed by atoms with Crippen molar-refractivity contribution in [2.24, 2.45) is 0 Å². The van der Waals surface area contributed by atoms with Gasteiger partial charge in [-0.05, 0) is 18.1 Å². The van der Waals surface area contributed by atoms with Crippen molar-refractivity contribution in [3.8, 4) is 0 Å². The SMILES string of the molecule is CCc1cc2c(=O)n(CC(=O)O)c(Cc3ccc([N+](=O)[O-])cc3)nc2s1. The van der Waals surface area contributed by atoms with Gasteiger partial charge in [0.2, 0.25) is 0 Å². The number of aryl methyl sites for hydroxylation is 1. The highest BCUT2D eigenvalue weighted by Crippen LogP contribution is 2.23. The topological polar surface area (TPSA) is 115 Å². The van der Waals surface area contributed by atoms with Gasteiger partial charge in [-0.25, -0.2) is 4.98 Å². The average molecular weight is 373 g/mol. The van der Waals surface area contributed by atoms with E-state index in [1.807, 2.05) is 6.92 Å². The lowest BCUT2D eigenvalue weighted by molar-refractivity contribution is -0.384. The van der Waals surface area contributed by atoms with Crippen LogP contribution in [0.1, 0.15) is 23.2 Å². The van der Waals surface area contributed by atoms with E-state index < -0.39 is 17.4 Å². The summed E-state index contributed by atoms with van der Waals surface area (Å²) < 4.78 is 1.15. The molecule has 0 spiro atoms. The number of carboxylic acid groups (broad SMARTS) is 1. The number of fused-ring (bicyclic) bond motifs is 1. The van der Waals surface area contributed by atoms with Gasteiger partial charge >= 0.3 is 5.97 Å². The molecular weight excluding hydrogens is 358 g/mol. The molecule has 0 aliphatic rings. The van der Waals surface area contributed by atoms with E-state index in [9.17, 15) is 19.7 Å². The standard InChI is InChI=1S/C17H15N3O5S/c1-2-12-8-13-16(26-12)18-14(19(17(13)23)9-15(21)22)7-10-3-5-11(6-4-10)20(24)25/h3-6,8H,2,7,9H2,1H3,(H,21,22). The van der Waals surface area contributed by atoms with Gasteiger partial charge in [-0.1, -0.05) is 19.1 Å². The Morgan fingerprint density at radius 3 is 2.62 bits per heavy atom. The Morgan fingerprint density at radius 1 is 1.35 bits per heavy atom. The maximum atomic E-state index is 12.7. The molecule has 0 saturated carbocycles. The lowest BCUT2D eigenvalue weighted by atomic mass is 10.1. The zero-order valence-corrected chi connectivity index (χ0v) is 14.7. The molecule has 2 aromatic heterocycles. The molecule has 0 fully saturated rings. The highest BCUT2D eigenvalue weighted by molar-refractivity contribution is 7.18. The highest BCUT2D eigenvalue weighted by atomic mass is 32.1. The van der Waals surface area contributed by atoms with Crippen molar-refractivity contribution in [3.63, 3.8) is 0 Å². The van der Waals surface area contributed by atoms with Crippen molar-refractivity contribution in [3.05, 3.63) is 67.1 Å². The predicted molar refractivity (Wildman–Crippen MR) is 96.8 cm³/mol. The van der Waals surface area contributed by atoms with Gasteiger partial charge in [0.15, 0.2) is 0 Å². The second-order valence-electron chi connectivity index (χ2n) is 5.70. The summed E-state index contributed by atoms with van der Waals surface area (Å²) in [7, 11) is 0. The molecule has 3 rings (SSSR count). The number of rotatable bonds is 6. The van der Waals surface area contributed by atoms with Gasteiger partial charge in [-0.3, -0.25) is 24.3 Å². The van der Waals surface area contributed by atoms with Crippen molar-refractivity contribution in [1.29, 1.82) is 0 Å². The summed E-state index contributed by atoms with van der Waals surface area (Å²) in [5, 5.41) is 20.3. The third-order valence-electron chi connectivity index (χ3n) is 3.93. The van der Waals surface area contributed by atoms with Crippen molar-refractivity contribution in [2.45, 2.75) is 26.3 Å². The zero-order valence-electron chi connectivity index (χ0n) is 13.8. The Morgan fingerprint density at radius 2 is 2.04 bits per heavy atom. The van der Waals surface area contributed by atoms with Crippen LogP contribution in [-0.2, 0) is 24.2 Å². The van der Waals surface area contributed by atoms with Gasteiger partial charge in [0.25, 0.3) is 11.2 Å². The molecule has 9 heteroatoms. The van der Waals surface area contributed by atoms with Crippen LogP contribution in [0.25, 0.3) is 10.2 Å². The van der Waals surface area contributed by atoms with Crippen molar-refractivity contribution in [2.75, 3.05) is 0 Å². The number of nitro benzene ring substituents is 1. The van der Waals surface area contributed by atoms with Crippen LogP contribution in [0.15, 0.2) is 35.1 Å². The van der Waals surface area contributed by atoms with Crippen LogP contribution in [0.3, 0.4) is 0 Å². The van der Waals surface area contributed by atoms with Crippen LogP contribution < -0.4 is 5.56 Å². The molecule has 0 unspecified atom stereocenters. The van der Waals surface area contributed by atoms with E-state index in [2.05, 4.69) is 4.98 Å². The van der Waals surface area contributed by atoms with E-state index >= 15 is 0 Å². The Labute approximate surface area is 151 Å². The maximum absolute atomic E-state index is 12.7. The normalized spacial score (nSPS) is 11.0. The van der Waals surface area contributed by atoms with E-state index in [-0.39, 0.29) is 17.7 Å². The van der Waals surface area contributed by atoms with Gasteiger partial charge in [-0.2, -0.15) is 0 Å². The molecule has 0 amide bonds. The zero-order chi connectivity index (χ0) is 18.8. The molecule has 0 bridgehead atoms. The third-order valence-corrected chi connectivity index (χ3v) is 5.11. The van der Waals surface area contributed by atoms with Crippen molar-refractivity contribution >= 4 is 33.2 Å².